The minimum Gasteiger partial charge on any atom is -0.325 e. The molecule has 3 aromatic carbocycles. The number of nitrogens with zero attached hydrogens (tertiary/aromatic N) is 1. The van der Waals surface area contributed by atoms with Crippen molar-refractivity contribution in [3.8, 4) is 0 Å². The standard InChI is InChI=1S/C22H21ClN2O3S/c1-16-6-12-21(13-7-16)29(27,28)25(20-10-8-18(23)9-11-20)15-22(26)24-19-5-3-4-17(2)14-19/h3-14H,15H2,1-2H3,(H,24,26). The molecule has 1 N–H and O–H groups in total. The van der Waals surface area contributed by atoms with Crippen LogP contribution in [-0.4, -0.2) is 20.9 Å². The fourth-order valence-corrected chi connectivity index (χ4v) is 4.36. The van der Waals surface area contributed by atoms with Gasteiger partial charge in [-0.05, 0) is 67.9 Å². The molecular weight excluding hydrogens is 408 g/mol. The van der Waals surface area contributed by atoms with E-state index in [0.29, 0.717) is 16.4 Å². The highest BCUT2D eigenvalue weighted by Crippen LogP contribution is 2.25. The van der Waals surface area contributed by atoms with Gasteiger partial charge in [-0.25, -0.2) is 8.42 Å². The Morgan fingerprint density at radius 2 is 1.59 bits per heavy atom. The Labute approximate surface area is 176 Å². The van der Waals surface area contributed by atoms with Crippen molar-refractivity contribution in [2.45, 2.75) is 18.7 Å². The molecule has 0 unspecified atom stereocenters. The highest BCUT2D eigenvalue weighted by atomic mass is 35.5. The molecule has 29 heavy (non-hydrogen) atoms. The van der Waals surface area contributed by atoms with Gasteiger partial charge in [0, 0.05) is 10.7 Å². The first kappa shape index (κ1) is 20.9. The summed E-state index contributed by atoms with van der Waals surface area (Å²) in [6, 6.07) is 20.2. The van der Waals surface area contributed by atoms with E-state index in [1.807, 2.05) is 32.0 Å². The molecule has 5 nitrogen and oxygen atoms in total. The maximum Gasteiger partial charge on any atom is 0.264 e. The van der Waals surface area contributed by atoms with E-state index >= 15 is 0 Å². The molecule has 0 aliphatic heterocycles. The zero-order chi connectivity index (χ0) is 21.0. The summed E-state index contributed by atoms with van der Waals surface area (Å²) < 4.78 is 27.7. The molecule has 0 aliphatic rings. The van der Waals surface area contributed by atoms with E-state index in [4.69, 9.17) is 11.6 Å². The second-order valence-corrected chi connectivity index (χ2v) is 9.02. The van der Waals surface area contributed by atoms with Crippen LogP contribution in [0.15, 0.2) is 77.7 Å². The minimum atomic E-state index is -3.95. The number of anilines is 2. The third-order valence-corrected chi connectivity index (χ3v) is 6.35. The molecule has 0 spiro atoms. The third-order valence-electron chi connectivity index (χ3n) is 4.31. The van der Waals surface area contributed by atoms with Crippen molar-refractivity contribution in [1.29, 1.82) is 0 Å². The number of benzene rings is 3. The van der Waals surface area contributed by atoms with Gasteiger partial charge in [-0.1, -0.05) is 41.4 Å². The monoisotopic (exact) mass is 428 g/mol. The average Bonchev–Trinajstić information content (AvgIpc) is 2.67. The van der Waals surface area contributed by atoms with Gasteiger partial charge < -0.3 is 5.32 Å². The Balaban J connectivity index is 1.93. The van der Waals surface area contributed by atoms with Gasteiger partial charge >= 0.3 is 0 Å². The lowest BCUT2D eigenvalue weighted by molar-refractivity contribution is -0.114. The number of carbonyl (C=O) groups excluding carboxylic acids is 1. The predicted molar refractivity (Wildman–Crippen MR) is 117 cm³/mol. The van der Waals surface area contributed by atoms with Crippen LogP contribution < -0.4 is 9.62 Å². The van der Waals surface area contributed by atoms with Gasteiger partial charge in [0.05, 0.1) is 10.6 Å². The van der Waals surface area contributed by atoms with Crippen molar-refractivity contribution < 1.29 is 13.2 Å². The fourth-order valence-electron chi connectivity index (χ4n) is 2.81. The molecular formula is C22H21ClN2O3S. The molecule has 0 aliphatic carbocycles. The highest BCUT2D eigenvalue weighted by Gasteiger charge is 2.27. The van der Waals surface area contributed by atoms with E-state index in [-0.39, 0.29) is 11.4 Å². The number of hydrogen-bond donors (Lipinski definition) is 1. The maximum atomic E-state index is 13.3. The molecule has 1 amide bonds. The molecule has 0 fully saturated rings. The smallest absolute Gasteiger partial charge is 0.264 e. The van der Waals surface area contributed by atoms with Gasteiger partial charge in [0.2, 0.25) is 5.91 Å². The largest absolute Gasteiger partial charge is 0.325 e. The molecule has 0 saturated carbocycles. The molecule has 0 radical (unpaired) electrons. The van der Waals surface area contributed by atoms with Crippen molar-refractivity contribution in [1.82, 2.24) is 0 Å². The Morgan fingerprint density at radius 1 is 0.931 bits per heavy atom. The van der Waals surface area contributed by atoms with Crippen molar-refractivity contribution in [2.24, 2.45) is 0 Å². The van der Waals surface area contributed by atoms with Crippen molar-refractivity contribution in [2.75, 3.05) is 16.2 Å². The Bertz CT molecular complexity index is 1110. The van der Waals surface area contributed by atoms with Crippen LogP contribution in [0.5, 0.6) is 0 Å². The lowest BCUT2D eigenvalue weighted by Crippen LogP contribution is -2.38. The number of halogens is 1. The summed E-state index contributed by atoms with van der Waals surface area (Å²) in [5.41, 5.74) is 2.90. The maximum absolute atomic E-state index is 13.3. The van der Waals surface area contributed by atoms with Crippen LogP contribution in [0.4, 0.5) is 11.4 Å². The SMILES string of the molecule is Cc1ccc(S(=O)(=O)N(CC(=O)Nc2cccc(C)c2)c2ccc(Cl)cc2)cc1. The van der Waals surface area contributed by atoms with Crippen LogP contribution in [0.1, 0.15) is 11.1 Å². The predicted octanol–water partition coefficient (Wildman–Crippen LogP) is 4.79. The van der Waals surface area contributed by atoms with Crippen molar-refractivity contribution in [3.05, 3.63) is 88.9 Å². The number of aryl methyl sites for hydroxylation is 2. The molecule has 0 atom stereocenters. The second kappa shape index (κ2) is 8.68. The van der Waals surface area contributed by atoms with Gasteiger partial charge in [0.1, 0.15) is 6.54 Å². The molecule has 3 rings (SSSR count). The first-order valence-electron chi connectivity index (χ1n) is 8.97. The van der Waals surface area contributed by atoms with Gasteiger partial charge in [-0.3, -0.25) is 9.10 Å². The van der Waals surface area contributed by atoms with E-state index < -0.39 is 15.9 Å². The van der Waals surface area contributed by atoms with Crippen LogP contribution in [0.2, 0.25) is 5.02 Å². The fraction of sp³-hybridized carbons (Fsp3) is 0.136. The second-order valence-electron chi connectivity index (χ2n) is 6.72. The Morgan fingerprint density at radius 3 is 2.21 bits per heavy atom. The van der Waals surface area contributed by atoms with E-state index in [1.54, 1.807) is 42.5 Å². The van der Waals surface area contributed by atoms with Crippen LogP contribution in [0.25, 0.3) is 0 Å². The summed E-state index contributed by atoms with van der Waals surface area (Å²) in [5.74, 6) is -0.443. The number of nitrogens with one attached hydrogen (secondary N) is 1. The van der Waals surface area contributed by atoms with Crippen molar-refractivity contribution >= 4 is 38.9 Å². The number of amides is 1. The number of sulfonamides is 1. The Kier molecular flexibility index (Phi) is 6.25. The van der Waals surface area contributed by atoms with Gasteiger partial charge in [-0.2, -0.15) is 0 Å². The topological polar surface area (TPSA) is 66.5 Å². The number of rotatable bonds is 6. The first-order valence-corrected chi connectivity index (χ1v) is 10.8. The van der Waals surface area contributed by atoms with Gasteiger partial charge in [-0.15, -0.1) is 0 Å². The summed E-state index contributed by atoms with van der Waals surface area (Å²) in [6.45, 7) is 3.42. The lowest BCUT2D eigenvalue weighted by Gasteiger charge is -2.24. The van der Waals surface area contributed by atoms with Crippen LogP contribution in [0, 0.1) is 13.8 Å². The summed E-state index contributed by atoms with van der Waals surface area (Å²) in [7, 11) is -3.95. The van der Waals surface area contributed by atoms with E-state index in [2.05, 4.69) is 5.32 Å². The number of carbonyl (C=O) groups is 1. The van der Waals surface area contributed by atoms with E-state index in [9.17, 15) is 13.2 Å². The average molecular weight is 429 g/mol. The molecule has 3 aromatic rings. The molecule has 0 heterocycles. The quantitative estimate of drug-likeness (QED) is 0.613. The van der Waals surface area contributed by atoms with Gasteiger partial charge in [0.15, 0.2) is 0 Å². The lowest BCUT2D eigenvalue weighted by atomic mass is 10.2. The summed E-state index contributed by atoms with van der Waals surface area (Å²) >= 11 is 5.95. The van der Waals surface area contributed by atoms with E-state index in [0.717, 1.165) is 15.4 Å². The summed E-state index contributed by atoms with van der Waals surface area (Å²) in [4.78, 5) is 12.8. The third kappa shape index (κ3) is 5.16. The normalized spacial score (nSPS) is 11.1. The molecule has 150 valence electrons. The zero-order valence-corrected chi connectivity index (χ0v) is 17.7. The summed E-state index contributed by atoms with van der Waals surface area (Å²) in [6.07, 6.45) is 0. The zero-order valence-electron chi connectivity index (χ0n) is 16.1. The Hall–Kier alpha value is -2.83. The molecule has 0 bridgehead atoms. The van der Waals surface area contributed by atoms with Crippen LogP contribution >= 0.6 is 11.6 Å². The number of hydrogen-bond acceptors (Lipinski definition) is 3. The summed E-state index contributed by atoms with van der Waals surface area (Å²) in [5, 5.41) is 3.23. The molecule has 0 saturated heterocycles. The molecule has 0 aromatic heterocycles. The van der Waals surface area contributed by atoms with Crippen LogP contribution in [-0.2, 0) is 14.8 Å². The minimum absolute atomic E-state index is 0.112. The molecule has 7 heteroatoms. The van der Waals surface area contributed by atoms with Gasteiger partial charge in [0.25, 0.3) is 10.0 Å². The highest BCUT2D eigenvalue weighted by molar-refractivity contribution is 7.92. The van der Waals surface area contributed by atoms with E-state index in [1.165, 1.54) is 12.1 Å². The van der Waals surface area contributed by atoms with Crippen molar-refractivity contribution in [3.63, 3.8) is 0 Å². The van der Waals surface area contributed by atoms with Crippen LogP contribution in [0.3, 0.4) is 0 Å². The first-order chi connectivity index (χ1) is 13.8.